The molecule has 0 saturated carbocycles. The van der Waals surface area contributed by atoms with E-state index in [1.54, 1.807) is 32.0 Å². The van der Waals surface area contributed by atoms with E-state index < -0.39 is 62.3 Å². The first-order valence-corrected chi connectivity index (χ1v) is 12.9. The maximum absolute atomic E-state index is 13.6. The zero-order valence-corrected chi connectivity index (χ0v) is 22.0. The van der Waals surface area contributed by atoms with Crippen molar-refractivity contribution in [1.82, 2.24) is 14.8 Å². The Morgan fingerprint density at radius 3 is 2.61 bits per heavy atom. The summed E-state index contributed by atoms with van der Waals surface area (Å²) in [7, 11) is -4.56. The lowest BCUT2D eigenvalue weighted by molar-refractivity contribution is -0.156. The van der Waals surface area contributed by atoms with Crippen molar-refractivity contribution in [1.29, 1.82) is 0 Å². The predicted molar refractivity (Wildman–Crippen MR) is 131 cm³/mol. The number of ether oxygens (including phenoxy) is 2. The number of benzene rings is 1. The van der Waals surface area contributed by atoms with E-state index in [0.29, 0.717) is 4.68 Å². The van der Waals surface area contributed by atoms with Crippen LogP contribution in [-0.4, -0.2) is 67.6 Å². The van der Waals surface area contributed by atoms with Gasteiger partial charge in [-0.3, -0.25) is 9.05 Å². The number of carbonyl (C=O) groups excluding carboxylic acids is 1. The average molecular weight is 552 g/mol. The number of hydrogen-bond donors (Lipinski definition) is 3. The van der Waals surface area contributed by atoms with Crippen LogP contribution in [0.15, 0.2) is 41.3 Å². The number of hydrogen-bond acceptors (Lipinski definition) is 13. The van der Waals surface area contributed by atoms with Crippen LogP contribution < -0.4 is 15.9 Å². The number of carbonyl (C=O) groups is 1. The van der Waals surface area contributed by atoms with Crippen LogP contribution in [0.1, 0.15) is 33.9 Å². The maximum Gasteiger partial charge on any atom is 0.530 e. The predicted octanol–water partition coefficient (Wildman–Crippen LogP) is 0.794. The fourth-order valence-electron chi connectivity index (χ4n) is 3.42. The number of anilines is 1. The van der Waals surface area contributed by atoms with Crippen LogP contribution in [0.5, 0.6) is 5.75 Å². The number of para-hydroxylation sites is 1. The molecule has 1 aromatic carbocycles. The van der Waals surface area contributed by atoms with Gasteiger partial charge in [0.2, 0.25) is 5.60 Å². The number of esters is 1. The molecule has 3 rings (SSSR count). The molecule has 0 bridgehead atoms. The highest BCUT2D eigenvalue weighted by Gasteiger charge is 2.57. The number of aliphatic hydroxyl groups is 2. The average Bonchev–Trinajstić information content (AvgIpc) is 3.08. The van der Waals surface area contributed by atoms with Crippen LogP contribution in [0.25, 0.3) is 0 Å². The second kappa shape index (κ2) is 12.0. The number of nitrogens with zero attached hydrogens (tertiary/aromatic N) is 3. The monoisotopic (exact) mass is 552 g/mol. The topological polar surface area (TPSA) is 195 Å². The second-order valence-electron chi connectivity index (χ2n) is 8.46. The Hall–Kier alpha value is -3.31. The molecule has 1 aromatic heterocycles. The summed E-state index contributed by atoms with van der Waals surface area (Å²) < 4.78 is 41.2. The normalized spacial score (nSPS) is 25.2. The molecule has 38 heavy (non-hydrogen) atoms. The molecule has 4 N–H and O–H groups in total. The standard InChI is InChI=1S/C23H29N4O10P/c1-5-11-23(31)19(28)17(35-21(23)27-22(30)26-18(24)12-25-27)13-33-38(32,37-16-9-7-6-8-10-16)36-15(4)20(29)34-14(2)3/h6-10,12,14-15,17,19,21,28,31H,13H2,1-4H3,(H2,24,26,30)/t15-,17+,19-,21+,23?,38-/m0/s1. The fraction of sp³-hybridized carbons (Fsp3) is 0.478. The molecule has 2 aromatic rings. The number of phosphoric ester groups is 1. The molecule has 6 atom stereocenters. The molecular weight excluding hydrogens is 523 g/mol. The highest BCUT2D eigenvalue weighted by atomic mass is 31.2. The highest BCUT2D eigenvalue weighted by molar-refractivity contribution is 7.49. The molecule has 206 valence electrons. The van der Waals surface area contributed by atoms with Crippen molar-refractivity contribution >= 4 is 19.6 Å². The van der Waals surface area contributed by atoms with E-state index in [9.17, 15) is 24.4 Å². The third-order valence-electron chi connectivity index (χ3n) is 5.09. The van der Waals surface area contributed by atoms with Gasteiger partial charge in [0.1, 0.15) is 23.8 Å². The number of aliphatic hydroxyl groups excluding tert-OH is 1. The van der Waals surface area contributed by atoms with Crippen molar-refractivity contribution in [2.24, 2.45) is 0 Å². The summed E-state index contributed by atoms with van der Waals surface area (Å²) in [6, 6.07) is 7.88. The van der Waals surface area contributed by atoms with E-state index in [4.69, 9.17) is 28.8 Å². The Morgan fingerprint density at radius 2 is 2.00 bits per heavy atom. The minimum Gasteiger partial charge on any atom is -0.461 e. The van der Waals surface area contributed by atoms with Gasteiger partial charge in [-0.1, -0.05) is 24.1 Å². The molecule has 1 unspecified atom stereocenters. The first-order chi connectivity index (χ1) is 17.9. The summed E-state index contributed by atoms with van der Waals surface area (Å²) in [6.45, 7) is 5.28. The summed E-state index contributed by atoms with van der Waals surface area (Å²) in [5, 5.41) is 25.8. The summed E-state index contributed by atoms with van der Waals surface area (Å²) in [4.78, 5) is 28.1. The Balaban J connectivity index is 1.86. The van der Waals surface area contributed by atoms with Crippen LogP contribution in [0.2, 0.25) is 0 Å². The molecular formula is C23H29N4O10P. The smallest absolute Gasteiger partial charge is 0.461 e. The van der Waals surface area contributed by atoms with E-state index in [0.717, 1.165) is 6.20 Å². The molecule has 1 fully saturated rings. The van der Waals surface area contributed by atoms with E-state index in [-0.39, 0.29) is 11.6 Å². The Morgan fingerprint density at radius 1 is 1.32 bits per heavy atom. The first-order valence-electron chi connectivity index (χ1n) is 11.5. The van der Waals surface area contributed by atoms with Crippen molar-refractivity contribution < 1.29 is 42.6 Å². The molecule has 1 aliphatic rings. The summed E-state index contributed by atoms with van der Waals surface area (Å²) in [5.74, 6) is 4.00. The fourth-order valence-corrected chi connectivity index (χ4v) is 4.76. The van der Waals surface area contributed by atoms with Gasteiger partial charge >= 0.3 is 19.5 Å². The highest BCUT2D eigenvalue weighted by Crippen LogP contribution is 2.51. The van der Waals surface area contributed by atoms with Crippen LogP contribution in [0.3, 0.4) is 0 Å². The Bertz CT molecular complexity index is 1290. The lowest BCUT2D eigenvalue weighted by Crippen LogP contribution is -2.48. The lowest BCUT2D eigenvalue weighted by atomic mass is 9.95. The number of nitrogen functional groups attached to an aromatic ring is 1. The number of rotatable bonds is 10. The van der Waals surface area contributed by atoms with Crippen LogP contribution in [-0.2, 0) is 27.9 Å². The van der Waals surface area contributed by atoms with Gasteiger partial charge < -0.3 is 29.9 Å². The van der Waals surface area contributed by atoms with Crippen molar-refractivity contribution in [3.8, 4) is 17.6 Å². The van der Waals surface area contributed by atoms with E-state index in [2.05, 4.69) is 21.9 Å². The molecule has 0 aliphatic carbocycles. The molecule has 0 spiro atoms. The summed E-state index contributed by atoms with van der Waals surface area (Å²) >= 11 is 0. The molecule has 1 aliphatic heterocycles. The summed E-state index contributed by atoms with van der Waals surface area (Å²) in [6.07, 6.45) is -5.59. The molecule has 2 heterocycles. The van der Waals surface area contributed by atoms with Crippen LogP contribution in [0.4, 0.5) is 5.82 Å². The van der Waals surface area contributed by atoms with Crippen LogP contribution in [0, 0.1) is 11.8 Å². The maximum atomic E-state index is 13.6. The molecule has 15 heteroatoms. The Kier molecular flexibility index (Phi) is 9.26. The lowest BCUT2D eigenvalue weighted by Gasteiger charge is -2.25. The van der Waals surface area contributed by atoms with E-state index in [1.165, 1.54) is 26.0 Å². The number of aromatic nitrogens is 3. The second-order valence-corrected chi connectivity index (χ2v) is 10.0. The quantitative estimate of drug-likeness (QED) is 0.213. The Labute approximate surface area is 218 Å². The number of nitrogens with two attached hydrogens (primary N) is 1. The third-order valence-corrected chi connectivity index (χ3v) is 6.57. The largest absolute Gasteiger partial charge is 0.530 e. The minimum atomic E-state index is -4.56. The van der Waals surface area contributed by atoms with Crippen molar-refractivity contribution in [3.05, 3.63) is 47.0 Å². The van der Waals surface area contributed by atoms with Crippen LogP contribution >= 0.6 is 7.82 Å². The van der Waals surface area contributed by atoms with Gasteiger partial charge in [-0.05, 0) is 39.8 Å². The molecule has 0 radical (unpaired) electrons. The van der Waals surface area contributed by atoms with E-state index in [1.807, 2.05) is 0 Å². The van der Waals surface area contributed by atoms with Gasteiger partial charge in [0.15, 0.2) is 12.3 Å². The van der Waals surface area contributed by atoms with Gasteiger partial charge in [-0.25, -0.2) is 14.2 Å². The van der Waals surface area contributed by atoms with Gasteiger partial charge in [0, 0.05) is 0 Å². The zero-order valence-electron chi connectivity index (χ0n) is 21.1. The first kappa shape index (κ1) is 29.2. The molecule has 14 nitrogen and oxygen atoms in total. The van der Waals surface area contributed by atoms with E-state index >= 15 is 0 Å². The number of phosphoric acid groups is 1. The van der Waals surface area contributed by atoms with Gasteiger partial charge in [0.05, 0.1) is 18.9 Å². The van der Waals surface area contributed by atoms with Crippen molar-refractivity contribution in [2.45, 2.75) is 63.9 Å². The minimum absolute atomic E-state index is 0.100. The van der Waals surface area contributed by atoms with Gasteiger partial charge in [-0.15, -0.1) is 5.92 Å². The van der Waals surface area contributed by atoms with Crippen molar-refractivity contribution in [3.63, 3.8) is 0 Å². The van der Waals surface area contributed by atoms with Crippen molar-refractivity contribution in [2.75, 3.05) is 12.3 Å². The molecule has 0 amide bonds. The zero-order chi connectivity index (χ0) is 28.1. The SMILES string of the molecule is CC#CC1(O)[C@@H](O)[C@@H](CO[P@](=O)(Oc2ccccc2)O[C@@H](C)C(=O)OC(C)C)O[C@H]1n1ncc(N)nc1=O. The third kappa shape index (κ3) is 6.76. The molecule has 1 saturated heterocycles. The summed E-state index contributed by atoms with van der Waals surface area (Å²) in [5.41, 5.74) is 2.16. The van der Waals surface area contributed by atoms with Gasteiger partial charge in [0.25, 0.3) is 0 Å². The van der Waals surface area contributed by atoms with Gasteiger partial charge in [-0.2, -0.15) is 14.8 Å².